The number of fused-ring (bicyclic) bond motifs is 1. The highest BCUT2D eigenvalue weighted by molar-refractivity contribution is 5.92. The highest BCUT2D eigenvalue weighted by atomic mass is 16.5. The van der Waals surface area contributed by atoms with E-state index < -0.39 is 0 Å². The van der Waals surface area contributed by atoms with Gasteiger partial charge in [-0.05, 0) is 30.7 Å². The lowest BCUT2D eigenvalue weighted by Gasteiger charge is -2.22. The minimum atomic E-state index is 0.00163. The third-order valence-electron chi connectivity index (χ3n) is 5.02. The fourth-order valence-corrected chi connectivity index (χ4v) is 3.73. The molecule has 4 rings (SSSR count). The summed E-state index contributed by atoms with van der Waals surface area (Å²) in [5, 5.41) is 0. The van der Waals surface area contributed by atoms with Crippen LogP contribution in [0.25, 0.3) is 0 Å². The van der Waals surface area contributed by atoms with E-state index in [1.54, 1.807) is 18.7 Å². The Morgan fingerprint density at radius 2 is 2.24 bits per heavy atom. The van der Waals surface area contributed by atoms with Crippen LogP contribution in [0, 0.1) is 12.8 Å². The second-order valence-corrected chi connectivity index (χ2v) is 6.96. The predicted octanol–water partition coefficient (Wildman–Crippen LogP) is 1.96. The van der Waals surface area contributed by atoms with Gasteiger partial charge in [-0.15, -0.1) is 0 Å². The number of hydrogen-bond acceptors (Lipinski definition) is 5. The fraction of sp³-hybridized carbons (Fsp3) is 0.474. The van der Waals surface area contributed by atoms with Gasteiger partial charge in [0.25, 0.3) is 5.91 Å². The van der Waals surface area contributed by atoms with E-state index in [2.05, 4.69) is 9.88 Å². The molecular weight excluding hydrogens is 318 g/mol. The summed E-state index contributed by atoms with van der Waals surface area (Å²) in [7, 11) is 0. The van der Waals surface area contributed by atoms with Gasteiger partial charge < -0.3 is 14.1 Å². The molecule has 6 nitrogen and oxygen atoms in total. The monoisotopic (exact) mass is 341 g/mol. The number of carbonyl (C=O) groups excluding carboxylic acids is 1. The van der Waals surface area contributed by atoms with Crippen molar-refractivity contribution in [3.8, 4) is 0 Å². The van der Waals surface area contributed by atoms with Gasteiger partial charge in [0, 0.05) is 50.4 Å². The molecule has 0 radical (unpaired) electrons. The van der Waals surface area contributed by atoms with Crippen LogP contribution in [0.3, 0.4) is 0 Å². The van der Waals surface area contributed by atoms with Crippen molar-refractivity contribution in [2.45, 2.75) is 19.6 Å². The fourth-order valence-electron chi connectivity index (χ4n) is 3.73. The number of ether oxygens (including phenoxy) is 1. The maximum absolute atomic E-state index is 12.7. The van der Waals surface area contributed by atoms with Crippen LogP contribution in [0.5, 0.6) is 0 Å². The van der Waals surface area contributed by atoms with Crippen LogP contribution in [-0.4, -0.2) is 59.6 Å². The van der Waals surface area contributed by atoms with Crippen LogP contribution in [-0.2, 0) is 11.3 Å². The van der Waals surface area contributed by atoms with E-state index in [1.165, 1.54) is 5.56 Å². The number of hydrogen-bond donors (Lipinski definition) is 0. The van der Waals surface area contributed by atoms with Gasteiger partial charge in [-0.2, -0.15) is 0 Å². The van der Waals surface area contributed by atoms with Crippen molar-refractivity contribution >= 4 is 5.91 Å². The van der Waals surface area contributed by atoms with Crippen molar-refractivity contribution in [2.75, 3.05) is 32.8 Å². The molecule has 2 aliphatic heterocycles. The largest absolute Gasteiger partial charge is 0.472 e. The lowest BCUT2D eigenvalue weighted by atomic mass is 10.1. The third-order valence-corrected chi connectivity index (χ3v) is 5.02. The number of furan rings is 1. The standard InChI is InChI=1S/C19H23N3O3/c1-14-2-4-20-17(8-14)19(23)22-11-16-10-21(5-7-25-18(16)12-22)9-15-3-6-24-13-15/h2-4,6,8,13,16,18H,5,7,9-12H2,1H3/t16-,18+/m1/s1. The first-order valence-corrected chi connectivity index (χ1v) is 8.76. The van der Waals surface area contributed by atoms with Gasteiger partial charge in [-0.3, -0.25) is 14.7 Å². The molecule has 0 saturated carbocycles. The summed E-state index contributed by atoms with van der Waals surface area (Å²) in [6, 6.07) is 5.75. The van der Waals surface area contributed by atoms with E-state index in [4.69, 9.17) is 9.15 Å². The Hall–Kier alpha value is -2.18. The first-order chi connectivity index (χ1) is 12.2. The summed E-state index contributed by atoms with van der Waals surface area (Å²) < 4.78 is 11.2. The molecule has 2 atom stereocenters. The highest BCUT2D eigenvalue weighted by Gasteiger charge is 2.39. The molecule has 2 aromatic rings. The lowest BCUT2D eigenvalue weighted by molar-refractivity contribution is 0.0482. The zero-order chi connectivity index (χ0) is 17.2. The van der Waals surface area contributed by atoms with Gasteiger partial charge in [0.2, 0.25) is 0 Å². The first kappa shape index (κ1) is 16.3. The summed E-state index contributed by atoms with van der Waals surface area (Å²) in [4.78, 5) is 21.3. The number of aromatic nitrogens is 1. The van der Waals surface area contributed by atoms with E-state index in [-0.39, 0.29) is 12.0 Å². The molecule has 2 aliphatic rings. The van der Waals surface area contributed by atoms with Gasteiger partial charge in [0.1, 0.15) is 5.69 Å². The van der Waals surface area contributed by atoms with Crippen molar-refractivity contribution in [1.29, 1.82) is 0 Å². The normalized spacial score (nSPS) is 24.1. The van der Waals surface area contributed by atoms with Gasteiger partial charge >= 0.3 is 0 Å². The van der Waals surface area contributed by atoms with Gasteiger partial charge in [0.05, 0.1) is 25.2 Å². The Morgan fingerprint density at radius 1 is 1.32 bits per heavy atom. The average Bonchev–Trinajstić information content (AvgIpc) is 3.21. The highest BCUT2D eigenvalue weighted by Crippen LogP contribution is 2.25. The molecule has 132 valence electrons. The van der Waals surface area contributed by atoms with E-state index in [1.807, 2.05) is 30.0 Å². The molecule has 2 aromatic heterocycles. The Morgan fingerprint density at radius 3 is 3.04 bits per heavy atom. The summed E-state index contributed by atoms with van der Waals surface area (Å²) in [6.45, 7) is 6.75. The minimum absolute atomic E-state index is 0.00163. The van der Waals surface area contributed by atoms with Crippen LogP contribution in [0.2, 0.25) is 0 Å². The van der Waals surface area contributed by atoms with Crippen LogP contribution in [0.4, 0.5) is 0 Å². The Bertz CT molecular complexity index is 731. The summed E-state index contributed by atoms with van der Waals surface area (Å²) in [5.74, 6) is 0.338. The van der Waals surface area contributed by atoms with Crippen molar-refractivity contribution in [1.82, 2.24) is 14.8 Å². The molecule has 2 saturated heterocycles. The molecular formula is C19H23N3O3. The van der Waals surface area contributed by atoms with Crippen molar-refractivity contribution in [2.24, 2.45) is 5.92 Å². The van der Waals surface area contributed by atoms with Crippen LogP contribution in [0.1, 0.15) is 21.6 Å². The molecule has 0 N–H and O–H groups in total. The number of nitrogens with zero attached hydrogens (tertiary/aromatic N) is 3. The summed E-state index contributed by atoms with van der Waals surface area (Å²) in [6.07, 6.45) is 5.30. The Kier molecular flexibility index (Phi) is 4.55. The van der Waals surface area contributed by atoms with Crippen LogP contribution >= 0.6 is 0 Å². The van der Waals surface area contributed by atoms with E-state index in [0.29, 0.717) is 24.8 Å². The first-order valence-electron chi connectivity index (χ1n) is 8.76. The molecule has 0 aromatic carbocycles. The van der Waals surface area contributed by atoms with E-state index >= 15 is 0 Å². The zero-order valence-corrected chi connectivity index (χ0v) is 14.4. The molecule has 25 heavy (non-hydrogen) atoms. The topological polar surface area (TPSA) is 58.8 Å². The second-order valence-electron chi connectivity index (χ2n) is 6.96. The SMILES string of the molecule is Cc1ccnc(C(=O)N2C[C@H]3CN(Cc4ccoc4)CCO[C@H]3C2)c1. The number of amides is 1. The van der Waals surface area contributed by atoms with Gasteiger partial charge in [-0.1, -0.05) is 0 Å². The molecule has 1 amide bonds. The molecule has 0 aliphatic carbocycles. The molecule has 2 fully saturated rings. The Labute approximate surface area is 147 Å². The van der Waals surface area contributed by atoms with E-state index in [9.17, 15) is 4.79 Å². The molecule has 0 spiro atoms. The molecule has 6 heteroatoms. The summed E-state index contributed by atoms with van der Waals surface area (Å²) in [5.41, 5.74) is 2.74. The quantitative estimate of drug-likeness (QED) is 0.854. The number of pyridine rings is 1. The molecule has 0 unspecified atom stereocenters. The number of carbonyl (C=O) groups is 1. The van der Waals surface area contributed by atoms with Crippen molar-refractivity contribution in [3.05, 3.63) is 53.7 Å². The van der Waals surface area contributed by atoms with Crippen LogP contribution < -0.4 is 0 Å². The molecule has 0 bridgehead atoms. The smallest absolute Gasteiger partial charge is 0.272 e. The third kappa shape index (κ3) is 3.60. The number of aryl methyl sites for hydroxylation is 1. The number of rotatable bonds is 3. The maximum atomic E-state index is 12.7. The average molecular weight is 341 g/mol. The second kappa shape index (κ2) is 6.98. The summed E-state index contributed by atoms with van der Waals surface area (Å²) >= 11 is 0. The minimum Gasteiger partial charge on any atom is -0.472 e. The van der Waals surface area contributed by atoms with Crippen LogP contribution in [0.15, 0.2) is 41.3 Å². The van der Waals surface area contributed by atoms with E-state index in [0.717, 1.165) is 31.7 Å². The van der Waals surface area contributed by atoms with Crippen molar-refractivity contribution in [3.63, 3.8) is 0 Å². The van der Waals surface area contributed by atoms with Gasteiger partial charge in [0.15, 0.2) is 0 Å². The van der Waals surface area contributed by atoms with Gasteiger partial charge in [-0.25, -0.2) is 0 Å². The molecule has 4 heterocycles. The lowest BCUT2D eigenvalue weighted by Crippen LogP contribution is -2.34. The zero-order valence-electron chi connectivity index (χ0n) is 14.4. The van der Waals surface area contributed by atoms with Crippen molar-refractivity contribution < 1.29 is 13.9 Å². The Balaban J connectivity index is 1.42. The maximum Gasteiger partial charge on any atom is 0.272 e. The predicted molar refractivity (Wildman–Crippen MR) is 92.1 cm³/mol. The number of likely N-dealkylation sites (tertiary alicyclic amines) is 1.